The third-order valence-electron chi connectivity index (χ3n) is 6.47. The van der Waals surface area contributed by atoms with Crippen LogP contribution in [0.1, 0.15) is 31.8 Å². The van der Waals surface area contributed by atoms with Gasteiger partial charge in [0.1, 0.15) is 0 Å². The predicted molar refractivity (Wildman–Crippen MR) is 149 cm³/mol. The number of imide groups is 1. The van der Waals surface area contributed by atoms with E-state index in [1.54, 1.807) is 61.1 Å². The van der Waals surface area contributed by atoms with Crippen molar-refractivity contribution in [2.75, 3.05) is 14.2 Å². The Bertz CT molecular complexity index is 1710. The molecule has 3 aromatic carbocycles. The van der Waals surface area contributed by atoms with E-state index in [1.807, 2.05) is 0 Å². The van der Waals surface area contributed by atoms with Crippen molar-refractivity contribution in [1.29, 1.82) is 0 Å². The first kappa shape index (κ1) is 28.5. The molecule has 0 saturated heterocycles. The van der Waals surface area contributed by atoms with Crippen LogP contribution in [0.2, 0.25) is 0 Å². The van der Waals surface area contributed by atoms with E-state index in [0.717, 1.165) is 4.90 Å². The smallest absolute Gasteiger partial charge is 0.261 e. The number of amides is 2. The van der Waals surface area contributed by atoms with Crippen LogP contribution < -0.4 is 9.47 Å². The molecule has 11 nitrogen and oxygen atoms in total. The minimum atomic E-state index is -0.656. The Morgan fingerprint density at radius 1 is 0.738 bits per heavy atom. The molecule has 0 bridgehead atoms. The number of hydrogen-bond donors (Lipinski definition) is 0. The maximum absolute atomic E-state index is 14.9. The third kappa shape index (κ3) is 5.23. The second-order valence-corrected chi connectivity index (χ2v) is 9.29. The Balaban J connectivity index is 0.000000189. The number of rotatable bonds is 7. The van der Waals surface area contributed by atoms with Gasteiger partial charge in [0, 0.05) is 16.5 Å². The highest BCUT2D eigenvalue weighted by Crippen LogP contribution is 2.31. The van der Waals surface area contributed by atoms with Crippen molar-refractivity contribution < 1.29 is 27.8 Å². The van der Waals surface area contributed by atoms with Crippen molar-refractivity contribution in [2.45, 2.75) is 11.9 Å². The van der Waals surface area contributed by atoms with E-state index in [2.05, 4.69) is 36.6 Å². The monoisotopic (exact) mass is 637 g/mol. The molecule has 0 fully saturated rings. The van der Waals surface area contributed by atoms with Gasteiger partial charge in [-0.05, 0) is 36.4 Å². The molecule has 5 aromatic rings. The number of alkyl halides is 1. The molecule has 2 aromatic heterocycles. The molecule has 6 rings (SSSR count). The highest BCUT2D eigenvalue weighted by Gasteiger charge is 2.36. The number of hydrogen-bond acceptors (Lipinski definition) is 8. The van der Waals surface area contributed by atoms with Crippen molar-refractivity contribution in [3.63, 3.8) is 0 Å². The number of nitrogens with zero attached hydrogens (tertiary/aromatic N) is 7. The van der Waals surface area contributed by atoms with Crippen molar-refractivity contribution in [1.82, 2.24) is 34.9 Å². The lowest BCUT2D eigenvalue weighted by molar-refractivity contribution is 0.0640. The summed E-state index contributed by atoms with van der Waals surface area (Å²) in [6, 6.07) is 12.9. The molecule has 2 amide bonds. The van der Waals surface area contributed by atoms with E-state index in [-0.39, 0.29) is 29.4 Å². The van der Waals surface area contributed by atoms with Gasteiger partial charge < -0.3 is 9.47 Å². The molecule has 3 heterocycles. The Kier molecular flexibility index (Phi) is 8.33. The maximum Gasteiger partial charge on any atom is 0.261 e. The van der Waals surface area contributed by atoms with Gasteiger partial charge in [-0.15, -0.1) is 10.2 Å². The van der Waals surface area contributed by atoms with Gasteiger partial charge in [-0.25, -0.2) is 18.1 Å². The molecule has 0 radical (unpaired) electrons. The minimum absolute atomic E-state index is 0.0143. The first-order chi connectivity index (χ1) is 20.4. The fourth-order valence-corrected chi connectivity index (χ4v) is 4.95. The van der Waals surface area contributed by atoms with Gasteiger partial charge in [-0.3, -0.25) is 14.5 Å². The molecule has 214 valence electrons. The normalized spacial score (nSPS) is 12.2. The zero-order valence-corrected chi connectivity index (χ0v) is 23.8. The van der Waals surface area contributed by atoms with Crippen LogP contribution in [0.4, 0.5) is 8.78 Å². The van der Waals surface area contributed by atoms with Gasteiger partial charge in [0.15, 0.2) is 23.1 Å². The highest BCUT2D eigenvalue weighted by atomic mass is 79.9. The fourth-order valence-electron chi connectivity index (χ4n) is 4.42. The lowest BCUT2D eigenvalue weighted by atomic mass is 10.1. The van der Waals surface area contributed by atoms with Crippen LogP contribution in [0.3, 0.4) is 0 Å². The molecule has 14 heteroatoms. The molecular formula is C28H22BrF2N7O4. The molecule has 0 spiro atoms. The quantitative estimate of drug-likeness (QED) is 0.189. The predicted octanol–water partition coefficient (Wildman–Crippen LogP) is 4.52. The van der Waals surface area contributed by atoms with Crippen LogP contribution in [0.25, 0.3) is 11.4 Å². The highest BCUT2D eigenvalue weighted by molar-refractivity contribution is 9.08. The number of fused-ring (bicyclic) bond motifs is 1. The molecule has 0 N–H and O–H groups in total. The molecule has 0 saturated carbocycles. The molecule has 0 atom stereocenters. The fraction of sp³-hybridized carbons (Fsp3) is 0.143. The number of carbonyl (C=O) groups excluding carboxylic acids is 2. The Morgan fingerprint density at radius 2 is 1.21 bits per heavy atom. The zero-order chi connectivity index (χ0) is 29.8. The van der Waals surface area contributed by atoms with Crippen LogP contribution in [0.15, 0.2) is 73.3 Å². The van der Waals surface area contributed by atoms with Crippen LogP contribution in [0, 0.1) is 11.6 Å². The number of aromatic nitrogens is 6. The van der Waals surface area contributed by atoms with Gasteiger partial charge >= 0.3 is 0 Å². The summed E-state index contributed by atoms with van der Waals surface area (Å²) in [7, 11) is 2.78. The Labute approximate surface area is 246 Å². The van der Waals surface area contributed by atoms with Crippen molar-refractivity contribution >= 4 is 27.7 Å². The first-order valence-electron chi connectivity index (χ1n) is 12.3. The van der Waals surface area contributed by atoms with Crippen LogP contribution in [-0.4, -0.2) is 60.9 Å². The molecule has 1 aliphatic rings. The Hall–Kier alpha value is -4.98. The maximum atomic E-state index is 14.9. The second-order valence-electron chi connectivity index (χ2n) is 8.73. The minimum Gasteiger partial charge on any atom is -0.494 e. The number of methoxy groups -OCH3 is 2. The number of halogens is 3. The van der Waals surface area contributed by atoms with Gasteiger partial charge in [-0.1, -0.05) is 38.5 Å². The van der Waals surface area contributed by atoms with Gasteiger partial charge in [0.2, 0.25) is 0 Å². The van der Waals surface area contributed by atoms with E-state index in [0.29, 0.717) is 33.4 Å². The summed E-state index contributed by atoms with van der Waals surface area (Å²) in [6.45, 7) is -0.245. The summed E-state index contributed by atoms with van der Waals surface area (Å²) < 4.78 is 41.7. The largest absolute Gasteiger partial charge is 0.494 e. The summed E-state index contributed by atoms with van der Waals surface area (Å²) >= 11 is 3.25. The second kappa shape index (κ2) is 12.3. The Morgan fingerprint density at radius 3 is 1.64 bits per heavy atom. The van der Waals surface area contributed by atoms with Crippen LogP contribution in [-0.2, 0) is 11.9 Å². The molecule has 1 aliphatic heterocycles. The molecule has 0 unspecified atom stereocenters. The zero-order valence-electron chi connectivity index (χ0n) is 22.2. The summed E-state index contributed by atoms with van der Waals surface area (Å²) in [4.78, 5) is 26.2. The molecule has 0 aliphatic carbocycles. The van der Waals surface area contributed by atoms with Crippen LogP contribution >= 0.6 is 15.9 Å². The van der Waals surface area contributed by atoms with E-state index in [9.17, 15) is 18.4 Å². The average molecular weight is 638 g/mol. The first-order valence-corrected chi connectivity index (χ1v) is 13.5. The number of ether oxygens (including phenoxy) is 2. The summed E-state index contributed by atoms with van der Waals surface area (Å²) in [5.41, 5.74) is 2.24. The lowest BCUT2D eigenvalue weighted by Gasteiger charge is -2.18. The van der Waals surface area contributed by atoms with E-state index < -0.39 is 17.6 Å². The van der Waals surface area contributed by atoms with Crippen molar-refractivity contribution in [2.24, 2.45) is 0 Å². The van der Waals surface area contributed by atoms with Gasteiger partial charge in [0.05, 0.1) is 68.1 Å². The van der Waals surface area contributed by atoms with Gasteiger partial charge in [0.25, 0.3) is 11.8 Å². The third-order valence-corrected chi connectivity index (χ3v) is 7.03. The van der Waals surface area contributed by atoms with E-state index >= 15 is 0 Å². The number of benzene rings is 3. The van der Waals surface area contributed by atoms with Crippen LogP contribution in [0.5, 0.6) is 11.5 Å². The van der Waals surface area contributed by atoms with Crippen molar-refractivity contribution in [3.8, 4) is 22.9 Å². The summed E-state index contributed by atoms with van der Waals surface area (Å²) in [6.07, 6.45) is 6.20. The summed E-state index contributed by atoms with van der Waals surface area (Å²) in [5, 5.41) is 15.5. The molecular weight excluding hydrogens is 616 g/mol. The number of carbonyl (C=O) groups is 2. The average Bonchev–Trinajstić information content (AvgIpc) is 3.79. The van der Waals surface area contributed by atoms with E-state index in [4.69, 9.17) is 9.47 Å². The SMILES string of the molecule is COc1ccc(-n2ccnn2)c(CBr)c1F.COc1ccc(-n2ccnn2)c(CN2C(=O)c3ccccc3C2=O)c1F. The van der Waals surface area contributed by atoms with Crippen molar-refractivity contribution in [3.05, 3.63) is 107 Å². The topological polar surface area (TPSA) is 117 Å². The van der Waals surface area contributed by atoms with E-state index in [1.165, 1.54) is 35.8 Å². The molecule has 42 heavy (non-hydrogen) atoms. The van der Waals surface area contributed by atoms with Gasteiger partial charge in [-0.2, -0.15) is 0 Å². The standard InChI is InChI=1S/C18H13FN4O3.C10H9BrFN3O/c1-26-15-7-6-14(23-9-8-20-21-23)13(16(15)19)10-22-17(24)11-4-2-3-5-12(11)18(22)25;1-16-9-3-2-8(7(6-11)10(9)12)15-5-4-13-14-15/h2-9H,10H2,1H3;2-5H,6H2,1H3. The lowest BCUT2D eigenvalue weighted by Crippen LogP contribution is -2.30. The summed E-state index contributed by atoms with van der Waals surface area (Å²) in [5.74, 6) is -1.72.